The monoisotopic (exact) mass is 615 g/mol. The molecular weight excluding hydrogens is 586 g/mol. The summed E-state index contributed by atoms with van der Waals surface area (Å²) in [7, 11) is 3.14. The second-order valence-corrected chi connectivity index (χ2v) is 11.5. The molecule has 1 aromatic heterocycles. The van der Waals surface area contributed by atoms with Gasteiger partial charge in [0.25, 0.3) is 5.56 Å². The van der Waals surface area contributed by atoms with E-state index in [9.17, 15) is 14.9 Å². The number of methoxy groups -OCH3 is 2. The average Bonchev–Trinajstić information content (AvgIpc) is 3.36. The number of Topliss-reactive ketones (excluding diaryl/α,β-unsaturated/α-hetero) is 1. The van der Waals surface area contributed by atoms with Crippen molar-refractivity contribution < 1.29 is 19.0 Å². The van der Waals surface area contributed by atoms with E-state index in [1.165, 1.54) is 18.3 Å². The standard InChI is InChI=1S/C36H29N3O5S/c1-21-32(22(2)40)34(33-27-12-8-7-9-24(27)14-16-29(33)42-3)39-35(41)31(45-36(39)38-21)18-23-13-15-28(30(17-23)43-4)44-20-26-11-6-5-10-25(26)19-37/h5-18,34H,20H2,1-4H3/b31-18+/t34-/m0/s1. The van der Waals surface area contributed by atoms with E-state index in [1.54, 1.807) is 50.0 Å². The number of carbonyl (C=O) groups is 1. The van der Waals surface area contributed by atoms with Crippen molar-refractivity contribution >= 4 is 34.0 Å². The Morgan fingerprint density at radius 1 is 1.00 bits per heavy atom. The van der Waals surface area contributed by atoms with Gasteiger partial charge in [0.2, 0.25) is 0 Å². The minimum atomic E-state index is -0.719. The van der Waals surface area contributed by atoms with Crippen LogP contribution in [0, 0.1) is 11.3 Å². The van der Waals surface area contributed by atoms with Crippen molar-refractivity contribution in [1.29, 1.82) is 5.26 Å². The van der Waals surface area contributed by atoms with E-state index < -0.39 is 6.04 Å². The third-order valence-corrected chi connectivity index (χ3v) is 8.81. The summed E-state index contributed by atoms with van der Waals surface area (Å²) in [6.45, 7) is 3.51. The SMILES string of the molecule is COc1cc(/C=c2/sc3n(c2=O)[C@H](c2c(OC)ccc4ccccc24)C(C(C)=O)=C(C)N=3)ccc1OCc1ccccc1C#N. The summed E-state index contributed by atoms with van der Waals surface area (Å²) < 4.78 is 19.5. The second-order valence-electron chi connectivity index (χ2n) is 10.5. The summed E-state index contributed by atoms with van der Waals surface area (Å²) in [5, 5.41) is 11.3. The van der Waals surface area contributed by atoms with E-state index in [0.29, 0.717) is 43.4 Å². The Hall–Kier alpha value is -5.46. The molecule has 1 aliphatic heterocycles. The summed E-state index contributed by atoms with van der Waals surface area (Å²) in [5.41, 5.74) is 3.53. The smallest absolute Gasteiger partial charge is 0.271 e. The summed E-state index contributed by atoms with van der Waals surface area (Å²) in [5.74, 6) is 1.41. The van der Waals surface area contributed by atoms with Crippen molar-refractivity contribution in [2.45, 2.75) is 26.5 Å². The highest BCUT2D eigenvalue weighted by Crippen LogP contribution is 2.40. The van der Waals surface area contributed by atoms with Gasteiger partial charge in [-0.2, -0.15) is 5.26 Å². The van der Waals surface area contributed by atoms with Crippen LogP contribution >= 0.6 is 11.3 Å². The summed E-state index contributed by atoms with van der Waals surface area (Å²) >= 11 is 1.26. The maximum absolute atomic E-state index is 14.2. The molecule has 0 radical (unpaired) electrons. The minimum absolute atomic E-state index is 0.164. The molecular formula is C36H29N3O5S. The van der Waals surface area contributed by atoms with Crippen LogP contribution in [0.4, 0.5) is 0 Å². The van der Waals surface area contributed by atoms with Gasteiger partial charge in [-0.05, 0) is 60.5 Å². The topological polar surface area (TPSA) is 103 Å². The van der Waals surface area contributed by atoms with Crippen LogP contribution in [0.15, 0.2) is 99.9 Å². The molecule has 0 unspecified atom stereocenters. The molecule has 0 N–H and O–H groups in total. The molecule has 1 atom stereocenters. The van der Waals surface area contributed by atoms with Crippen LogP contribution in [0.25, 0.3) is 16.8 Å². The first kappa shape index (κ1) is 29.6. The molecule has 0 amide bonds. The number of allylic oxidation sites excluding steroid dienone is 2. The predicted octanol–water partition coefficient (Wildman–Crippen LogP) is 5.45. The highest BCUT2D eigenvalue weighted by molar-refractivity contribution is 7.07. The second kappa shape index (κ2) is 12.3. The number of ketones is 1. The predicted molar refractivity (Wildman–Crippen MR) is 173 cm³/mol. The van der Waals surface area contributed by atoms with Crippen LogP contribution in [0.2, 0.25) is 0 Å². The van der Waals surface area contributed by atoms with Crippen LogP contribution in [-0.2, 0) is 11.4 Å². The zero-order chi connectivity index (χ0) is 31.7. The van der Waals surface area contributed by atoms with Crippen molar-refractivity contribution in [3.8, 4) is 23.3 Å². The Kier molecular flexibility index (Phi) is 8.07. The number of benzene rings is 4. The first-order valence-electron chi connectivity index (χ1n) is 14.2. The van der Waals surface area contributed by atoms with Gasteiger partial charge >= 0.3 is 0 Å². The molecule has 0 aliphatic carbocycles. The fourth-order valence-electron chi connectivity index (χ4n) is 5.73. The van der Waals surface area contributed by atoms with Gasteiger partial charge in [0.15, 0.2) is 22.1 Å². The molecule has 4 aromatic carbocycles. The molecule has 5 aromatic rings. The molecule has 9 heteroatoms. The number of carbonyl (C=O) groups excluding carboxylic acids is 1. The van der Waals surface area contributed by atoms with Crippen LogP contribution in [0.1, 0.15) is 42.1 Å². The van der Waals surface area contributed by atoms with E-state index in [4.69, 9.17) is 19.2 Å². The lowest BCUT2D eigenvalue weighted by atomic mass is 9.89. The van der Waals surface area contributed by atoms with Gasteiger partial charge in [0.1, 0.15) is 12.4 Å². The highest BCUT2D eigenvalue weighted by Gasteiger charge is 2.33. The zero-order valence-corrected chi connectivity index (χ0v) is 26.0. The summed E-state index contributed by atoms with van der Waals surface area (Å²) in [4.78, 5) is 32.5. The highest BCUT2D eigenvalue weighted by atomic mass is 32.1. The number of fused-ring (bicyclic) bond motifs is 2. The van der Waals surface area contributed by atoms with Crippen LogP contribution in [0.3, 0.4) is 0 Å². The largest absolute Gasteiger partial charge is 0.496 e. The fourth-order valence-corrected chi connectivity index (χ4v) is 6.78. The maximum atomic E-state index is 14.2. The molecule has 224 valence electrons. The molecule has 0 spiro atoms. The van der Waals surface area contributed by atoms with Crippen molar-refractivity contribution in [2.24, 2.45) is 4.99 Å². The number of nitrogens with zero attached hydrogens (tertiary/aromatic N) is 3. The van der Waals surface area contributed by atoms with Crippen molar-refractivity contribution in [2.75, 3.05) is 14.2 Å². The Morgan fingerprint density at radius 2 is 1.73 bits per heavy atom. The molecule has 0 saturated carbocycles. The van der Waals surface area contributed by atoms with Crippen LogP contribution < -0.4 is 29.1 Å². The third kappa shape index (κ3) is 5.41. The third-order valence-electron chi connectivity index (χ3n) is 7.83. The van der Waals surface area contributed by atoms with E-state index in [-0.39, 0.29) is 17.9 Å². The van der Waals surface area contributed by atoms with Gasteiger partial charge in [-0.15, -0.1) is 0 Å². The van der Waals surface area contributed by atoms with Gasteiger partial charge in [0.05, 0.1) is 36.4 Å². The van der Waals surface area contributed by atoms with Crippen molar-refractivity contribution in [1.82, 2.24) is 4.57 Å². The Bertz CT molecular complexity index is 2240. The Labute approximate surface area is 263 Å². The molecule has 2 heterocycles. The van der Waals surface area contributed by atoms with Gasteiger partial charge in [-0.3, -0.25) is 14.2 Å². The summed E-state index contributed by atoms with van der Waals surface area (Å²) in [6.07, 6.45) is 1.78. The van der Waals surface area contributed by atoms with Crippen molar-refractivity contribution in [3.63, 3.8) is 0 Å². The fraction of sp³-hybridized carbons (Fsp3) is 0.167. The number of hydrogen-bond donors (Lipinski definition) is 0. The van der Waals surface area contributed by atoms with Gasteiger partial charge in [-0.1, -0.05) is 65.9 Å². The first-order valence-corrected chi connectivity index (χ1v) is 15.0. The van der Waals surface area contributed by atoms with E-state index in [0.717, 1.165) is 27.5 Å². The summed E-state index contributed by atoms with van der Waals surface area (Å²) in [6, 6.07) is 25.8. The lowest BCUT2D eigenvalue weighted by Crippen LogP contribution is -2.39. The van der Waals surface area contributed by atoms with Crippen LogP contribution in [-0.4, -0.2) is 24.6 Å². The van der Waals surface area contributed by atoms with Crippen LogP contribution in [0.5, 0.6) is 17.2 Å². The van der Waals surface area contributed by atoms with Crippen molar-refractivity contribution in [3.05, 3.63) is 132 Å². The number of hydrogen-bond acceptors (Lipinski definition) is 8. The molecule has 8 nitrogen and oxygen atoms in total. The molecule has 6 rings (SSSR count). The number of thiazole rings is 1. The Morgan fingerprint density at radius 3 is 2.49 bits per heavy atom. The van der Waals surface area contributed by atoms with E-state index in [2.05, 4.69) is 6.07 Å². The number of ether oxygens (including phenoxy) is 3. The van der Waals surface area contributed by atoms with Gasteiger partial charge in [0, 0.05) is 22.4 Å². The minimum Gasteiger partial charge on any atom is -0.496 e. The number of aromatic nitrogens is 1. The normalized spacial score (nSPS) is 14.5. The van der Waals surface area contributed by atoms with Gasteiger partial charge < -0.3 is 14.2 Å². The Balaban J connectivity index is 1.46. The number of nitriles is 1. The lowest BCUT2D eigenvalue weighted by Gasteiger charge is -2.27. The van der Waals surface area contributed by atoms with E-state index >= 15 is 0 Å². The number of rotatable bonds is 8. The maximum Gasteiger partial charge on any atom is 0.271 e. The average molecular weight is 616 g/mol. The molecule has 0 bridgehead atoms. The molecule has 45 heavy (non-hydrogen) atoms. The lowest BCUT2D eigenvalue weighted by molar-refractivity contribution is -0.114. The zero-order valence-electron chi connectivity index (χ0n) is 25.2. The molecule has 0 saturated heterocycles. The van der Waals surface area contributed by atoms with Gasteiger partial charge in [-0.25, -0.2) is 4.99 Å². The molecule has 0 fully saturated rings. The first-order chi connectivity index (χ1) is 21.8. The molecule has 1 aliphatic rings. The van der Waals surface area contributed by atoms with E-state index in [1.807, 2.05) is 60.7 Å². The quantitative estimate of drug-likeness (QED) is 0.230.